The lowest BCUT2D eigenvalue weighted by Gasteiger charge is -2.08. The van der Waals surface area contributed by atoms with E-state index in [4.69, 9.17) is 8.83 Å². The van der Waals surface area contributed by atoms with Gasteiger partial charge in [0.2, 0.25) is 5.71 Å². The highest BCUT2D eigenvalue weighted by Crippen LogP contribution is 2.39. The van der Waals surface area contributed by atoms with Crippen molar-refractivity contribution < 1.29 is 13.2 Å². The minimum absolute atomic E-state index is 0.229. The largest absolute Gasteiger partial charge is 0.463 e. The number of benzene rings is 2. The molecule has 7 rings (SSSR count). The van der Waals surface area contributed by atoms with E-state index in [1.807, 2.05) is 24.3 Å². The standard InChI is InChI=1S/C24H13FN4O3/c25-16-9-18-20(22-14(16)5-7-31-22)19-15-2-1-6-26-23(15)32-24(30)21(19)29(18)11-12-3-4-13-10-27-28-17(13)8-12/h1-10H,11H2,(H,27,28). The van der Waals surface area contributed by atoms with Gasteiger partial charge in [-0.05, 0) is 35.9 Å². The van der Waals surface area contributed by atoms with E-state index in [1.54, 1.807) is 29.1 Å². The molecule has 1 N–H and O–H groups in total. The summed E-state index contributed by atoms with van der Waals surface area (Å²) in [6.45, 7) is 0.331. The molecule has 0 saturated carbocycles. The van der Waals surface area contributed by atoms with Gasteiger partial charge in [0.05, 0.1) is 34.3 Å². The summed E-state index contributed by atoms with van der Waals surface area (Å²) < 4.78 is 28.0. The number of nitrogens with one attached hydrogen (secondary N) is 1. The molecule has 0 unspecified atom stereocenters. The van der Waals surface area contributed by atoms with Gasteiger partial charge in [-0.1, -0.05) is 12.1 Å². The zero-order valence-corrected chi connectivity index (χ0v) is 16.4. The molecule has 154 valence electrons. The van der Waals surface area contributed by atoms with Crippen LogP contribution in [0.1, 0.15) is 5.56 Å². The van der Waals surface area contributed by atoms with Crippen molar-refractivity contribution in [3.8, 4) is 0 Å². The van der Waals surface area contributed by atoms with E-state index in [0.717, 1.165) is 16.5 Å². The topological polar surface area (TPSA) is 89.8 Å². The number of aromatic nitrogens is 4. The molecule has 32 heavy (non-hydrogen) atoms. The van der Waals surface area contributed by atoms with Gasteiger partial charge in [-0.3, -0.25) is 5.10 Å². The Labute approximate surface area is 177 Å². The first kappa shape index (κ1) is 17.2. The molecule has 2 aromatic carbocycles. The van der Waals surface area contributed by atoms with Gasteiger partial charge >= 0.3 is 5.63 Å². The van der Waals surface area contributed by atoms with Crippen molar-refractivity contribution in [2.45, 2.75) is 6.54 Å². The summed E-state index contributed by atoms with van der Waals surface area (Å²) in [6, 6.07) is 12.5. The SMILES string of the molecule is O=c1oc2ncccc2c2c3c4occc4c(F)cc3n(Cc3ccc4cn[nH]c4c3)c12. The highest BCUT2D eigenvalue weighted by Gasteiger charge is 2.23. The second kappa shape index (κ2) is 6.04. The van der Waals surface area contributed by atoms with Crippen molar-refractivity contribution in [3.05, 3.63) is 82.9 Å². The van der Waals surface area contributed by atoms with Crippen molar-refractivity contribution in [2.24, 2.45) is 0 Å². The van der Waals surface area contributed by atoms with E-state index < -0.39 is 11.4 Å². The predicted octanol–water partition coefficient (Wildman–Crippen LogP) is 5.11. The fourth-order valence-corrected chi connectivity index (χ4v) is 4.61. The third-order valence-corrected chi connectivity index (χ3v) is 5.99. The van der Waals surface area contributed by atoms with Gasteiger partial charge in [0.25, 0.3) is 0 Å². The van der Waals surface area contributed by atoms with Crippen molar-refractivity contribution in [1.82, 2.24) is 19.7 Å². The monoisotopic (exact) mass is 424 g/mol. The van der Waals surface area contributed by atoms with E-state index in [0.29, 0.717) is 44.7 Å². The number of hydrogen-bond acceptors (Lipinski definition) is 5. The van der Waals surface area contributed by atoms with E-state index in [-0.39, 0.29) is 5.71 Å². The summed E-state index contributed by atoms with van der Waals surface area (Å²) >= 11 is 0. The molecule has 0 saturated heterocycles. The summed E-state index contributed by atoms with van der Waals surface area (Å²) in [5.41, 5.74) is 2.78. The highest BCUT2D eigenvalue weighted by atomic mass is 19.1. The molecule has 0 amide bonds. The number of furan rings is 1. The molecule has 0 atom stereocenters. The van der Waals surface area contributed by atoms with Gasteiger partial charge in [-0.25, -0.2) is 14.2 Å². The highest BCUT2D eigenvalue weighted by molar-refractivity contribution is 6.25. The van der Waals surface area contributed by atoms with Crippen LogP contribution in [0.2, 0.25) is 0 Å². The number of fused-ring (bicyclic) bond motifs is 8. The van der Waals surface area contributed by atoms with Crippen LogP contribution in [0, 0.1) is 5.82 Å². The summed E-state index contributed by atoms with van der Waals surface area (Å²) in [5.74, 6) is -0.416. The molecule has 7 aromatic rings. The van der Waals surface area contributed by atoms with Crippen LogP contribution in [0.25, 0.3) is 54.8 Å². The molecule has 7 nitrogen and oxygen atoms in total. The van der Waals surface area contributed by atoms with Gasteiger partial charge in [0, 0.05) is 28.9 Å². The third kappa shape index (κ3) is 2.20. The number of nitrogens with zero attached hydrogens (tertiary/aromatic N) is 3. The minimum atomic E-state index is -0.537. The molecule has 0 aliphatic carbocycles. The zero-order valence-electron chi connectivity index (χ0n) is 16.4. The zero-order chi connectivity index (χ0) is 21.4. The van der Waals surface area contributed by atoms with Crippen molar-refractivity contribution in [3.63, 3.8) is 0 Å². The van der Waals surface area contributed by atoms with Crippen LogP contribution in [-0.4, -0.2) is 19.7 Å². The Balaban J connectivity index is 1.66. The molecular weight excluding hydrogens is 411 g/mol. The lowest BCUT2D eigenvalue weighted by molar-refractivity contribution is 0.553. The summed E-state index contributed by atoms with van der Waals surface area (Å²) in [6.07, 6.45) is 4.77. The first-order valence-corrected chi connectivity index (χ1v) is 10.0. The van der Waals surface area contributed by atoms with Crippen LogP contribution in [0.5, 0.6) is 0 Å². The van der Waals surface area contributed by atoms with Gasteiger partial charge < -0.3 is 13.4 Å². The molecular formula is C24H13FN4O3. The number of halogens is 1. The van der Waals surface area contributed by atoms with E-state index >= 15 is 0 Å². The molecule has 0 aliphatic heterocycles. The Hall–Kier alpha value is -4.46. The quantitative estimate of drug-likeness (QED) is 0.417. The maximum Gasteiger partial charge on any atom is 0.362 e. The number of hydrogen-bond donors (Lipinski definition) is 1. The maximum atomic E-state index is 15.0. The van der Waals surface area contributed by atoms with Gasteiger partial charge in [-0.15, -0.1) is 0 Å². The Bertz CT molecular complexity index is 1910. The van der Waals surface area contributed by atoms with Crippen LogP contribution >= 0.6 is 0 Å². The van der Waals surface area contributed by atoms with Crippen LogP contribution in [0.15, 0.2) is 74.8 Å². The second-order valence-electron chi connectivity index (χ2n) is 7.76. The van der Waals surface area contributed by atoms with Gasteiger partial charge in [0.15, 0.2) is 0 Å². The molecule has 5 heterocycles. The molecule has 0 bridgehead atoms. The fourth-order valence-electron chi connectivity index (χ4n) is 4.61. The molecule has 0 fully saturated rings. The average molecular weight is 424 g/mol. The van der Waals surface area contributed by atoms with Crippen molar-refractivity contribution >= 4 is 54.8 Å². The van der Waals surface area contributed by atoms with Crippen LogP contribution in [0.4, 0.5) is 4.39 Å². The number of H-pyrrole nitrogens is 1. The normalized spacial score (nSPS) is 12.2. The predicted molar refractivity (Wildman–Crippen MR) is 118 cm³/mol. The van der Waals surface area contributed by atoms with Gasteiger partial charge in [-0.2, -0.15) is 5.10 Å². The molecule has 8 heteroatoms. The Morgan fingerprint density at radius 1 is 1.09 bits per heavy atom. The summed E-state index contributed by atoms with van der Waals surface area (Å²) in [5, 5.41) is 10.3. The van der Waals surface area contributed by atoms with Crippen LogP contribution in [-0.2, 0) is 6.54 Å². The summed E-state index contributed by atoms with van der Waals surface area (Å²) in [7, 11) is 0. The number of aromatic amines is 1. The lowest BCUT2D eigenvalue weighted by Crippen LogP contribution is -2.08. The maximum absolute atomic E-state index is 15.0. The molecule has 0 spiro atoms. The molecule has 5 aromatic heterocycles. The second-order valence-corrected chi connectivity index (χ2v) is 7.76. The number of rotatable bonds is 2. The smallest absolute Gasteiger partial charge is 0.362 e. The van der Waals surface area contributed by atoms with Gasteiger partial charge in [0.1, 0.15) is 16.9 Å². The fraction of sp³-hybridized carbons (Fsp3) is 0.0417. The Morgan fingerprint density at radius 3 is 2.97 bits per heavy atom. The molecule has 0 radical (unpaired) electrons. The van der Waals surface area contributed by atoms with Crippen molar-refractivity contribution in [2.75, 3.05) is 0 Å². The minimum Gasteiger partial charge on any atom is -0.463 e. The summed E-state index contributed by atoms with van der Waals surface area (Å²) in [4.78, 5) is 17.3. The first-order chi connectivity index (χ1) is 15.7. The van der Waals surface area contributed by atoms with E-state index in [9.17, 15) is 9.18 Å². The molecule has 0 aliphatic rings. The van der Waals surface area contributed by atoms with Crippen LogP contribution in [0.3, 0.4) is 0 Å². The first-order valence-electron chi connectivity index (χ1n) is 10.0. The lowest BCUT2D eigenvalue weighted by atomic mass is 10.1. The van der Waals surface area contributed by atoms with Crippen molar-refractivity contribution in [1.29, 1.82) is 0 Å². The number of pyridine rings is 1. The Morgan fingerprint density at radius 2 is 2.03 bits per heavy atom. The third-order valence-electron chi connectivity index (χ3n) is 5.99. The van der Waals surface area contributed by atoms with Crippen LogP contribution < -0.4 is 5.63 Å². The van der Waals surface area contributed by atoms with E-state index in [2.05, 4.69) is 15.2 Å². The van der Waals surface area contributed by atoms with E-state index in [1.165, 1.54) is 12.3 Å². The average Bonchev–Trinajstić information content (AvgIpc) is 3.52. The Kier molecular flexibility index (Phi) is 3.25.